The standard InChI is InChI=1S/C15H28N2O2.2ClH/c1-17-8-5-12(6-9-17)10-18-11-13-2-3-14-15(19-13)4-7-16-14;;/h12-16H,2-11H2,1H3;2*1H/t13-,14-,15-;;/m1../s1. The van der Waals surface area contributed by atoms with E-state index in [9.17, 15) is 0 Å². The van der Waals surface area contributed by atoms with E-state index in [1.807, 2.05) is 0 Å². The Balaban J connectivity index is 0.00000110. The van der Waals surface area contributed by atoms with Gasteiger partial charge in [-0.25, -0.2) is 0 Å². The summed E-state index contributed by atoms with van der Waals surface area (Å²) in [6.07, 6.45) is 6.95. The third-order valence-corrected chi connectivity index (χ3v) is 4.95. The van der Waals surface area contributed by atoms with Crippen molar-refractivity contribution in [2.75, 3.05) is 39.9 Å². The van der Waals surface area contributed by atoms with Gasteiger partial charge in [0.15, 0.2) is 0 Å². The molecule has 0 radical (unpaired) electrons. The summed E-state index contributed by atoms with van der Waals surface area (Å²) in [6, 6.07) is 0.616. The van der Waals surface area contributed by atoms with Crippen LogP contribution < -0.4 is 5.32 Å². The van der Waals surface area contributed by atoms with Crippen LogP contribution >= 0.6 is 24.8 Å². The molecule has 3 saturated heterocycles. The summed E-state index contributed by atoms with van der Waals surface area (Å²) in [7, 11) is 2.21. The second-order valence-corrected chi connectivity index (χ2v) is 6.51. The van der Waals surface area contributed by atoms with Crippen LogP contribution in [0.1, 0.15) is 32.1 Å². The minimum Gasteiger partial charge on any atom is -0.378 e. The van der Waals surface area contributed by atoms with Crippen molar-refractivity contribution in [2.24, 2.45) is 5.92 Å². The molecule has 1 N–H and O–H groups in total. The van der Waals surface area contributed by atoms with Crippen LogP contribution in [0.2, 0.25) is 0 Å². The maximum atomic E-state index is 6.12. The number of piperidine rings is 1. The summed E-state index contributed by atoms with van der Waals surface area (Å²) in [6.45, 7) is 5.31. The number of fused-ring (bicyclic) bond motifs is 1. The summed E-state index contributed by atoms with van der Waals surface area (Å²) < 4.78 is 12.1. The molecule has 0 saturated carbocycles. The molecule has 0 spiro atoms. The fraction of sp³-hybridized carbons (Fsp3) is 1.00. The molecule has 0 aromatic carbocycles. The van der Waals surface area contributed by atoms with E-state index in [4.69, 9.17) is 9.47 Å². The summed E-state index contributed by atoms with van der Waals surface area (Å²) in [5.74, 6) is 0.765. The van der Waals surface area contributed by atoms with Crippen LogP contribution in [0.25, 0.3) is 0 Å². The van der Waals surface area contributed by atoms with E-state index in [0.29, 0.717) is 18.2 Å². The molecular weight excluding hydrogens is 311 g/mol. The average molecular weight is 341 g/mol. The van der Waals surface area contributed by atoms with Gasteiger partial charge in [0.1, 0.15) is 0 Å². The molecule has 3 rings (SSSR count). The third-order valence-electron chi connectivity index (χ3n) is 4.95. The molecule has 0 unspecified atom stereocenters. The van der Waals surface area contributed by atoms with E-state index in [1.54, 1.807) is 0 Å². The molecule has 3 aliphatic rings. The number of likely N-dealkylation sites (tertiary alicyclic amines) is 1. The zero-order valence-corrected chi connectivity index (χ0v) is 14.6. The molecule has 0 aliphatic carbocycles. The van der Waals surface area contributed by atoms with Crippen molar-refractivity contribution in [3.05, 3.63) is 0 Å². The zero-order chi connectivity index (χ0) is 13.1. The van der Waals surface area contributed by atoms with E-state index in [0.717, 1.165) is 32.1 Å². The first-order chi connectivity index (χ1) is 9.31. The zero-order valence-electron chi connectivity index (χ0n) is 13.0. The number of nitrogens with one attached hydrogen (secondary N) is 1. The van der Waals surface area contributed by atoms with Gasteiger partial charge in [-0.2, -0.15) is 0 Å². The molecule has 3 fully saturated rings. The molecule has 3 heterocycles. The number of rotatable bonds is 4. The molecule has 0 aromatic heterocycles. The molecule has 0 aromatic rings. The molecular formula is C15H30Cl2N2O2. The fourth-order valence-electron chi connectivity index (χ4n) is 3.59. The lowest BCUT2D eigenvalue weighted by Crippen LogP contribution is -2.42. The predicted octanol–water partition coefficient (Wildman–Crippen LogP) is 2.10. The first-order valence-corrected chi connectivity index (χ1v) is 7.96. The Hall–Kier alpha value is 0.420. The molecule has 21 heavy (non-hydrogen) atoms. The van der Waals surface area contributed by atoms with Gasteiger partial charge in [-0.3, -0.25) is 0 Å². The van der Waals surface area contributed by atoms with Crippen molar-refractivity contribution < 1.29 is 9.47 Å². The summed E-state index contributed by atoms with van der Waals surface area (Å²) in [5.41, 5.74) is 0. The van der Waals surface area contributed by atoms with Crippen LogP contribution in [0.15, 0.2) is 0 Å². The Morgan fingerprint density at radius 1 is 1.05 bits per heavy atom. The van der Waals surface area contributed by atoms with Gasteiger partial charge in [0.2, 0.25) is 0 Å². The van der Waals surface area contributed by atoms with Gasteiger partial charge in [0, 0.05) is 12.6 Å². The van der Waals surface area contributed by atoms with Gasteiger partial charge >= 0.3 is 0 Å². The van der Waals surface area contributed by atoms with E-state index >= 15 is 0 Å². The molecule has 0 amide bonds. The van der Waals surface area contributed by atoms with E-state index in [2.05, 4.69) is 17.3 Å². The third kappa shape index (κ3) is 5.52. The number of halogens is 2. The first kappa shape index (κ1) is 19.5. The highest BCUT2D eigenvalue weighted by molar-refractivity contribution is 5.85. The normalized spacial score (nSPS) is 33.9. The summed E-state index contributed by atoms with van der Waals surface area (Å²) in [4.78, 5) is 2.41. The molecule has 3 atom stereocenters. The van der Waals surface area contributed by atoms with Crippen LogP contribution in [-0.2, 0) is 9.47 Å². The van der Waals surface area contributed by atoms with Crippen LogP contribution in [0.4, 0.5) is 0 Å². The lowest BCUT2D eigenvalue weighted by molar-refractivity contribution is -0.0930. The SMILES string of the molecule is CN1CCC(COC[C@H]2CC[C@H]3NCC[C@H]3O2)CC1.Cl.Cl. The van der Waals surface area contributed by atoms with Crippen LogP contribution in [0.3, 0.4) is 0 Å². The predicted molar refractivity (Wildman–Crippen MR) is 89.8 cm³/mol. The fourth-order valence-corrected chi connectivity index (χ4v) is 3.59. The van der Waals surface area contributed by atoms with Gasteiger partial charge in [0.25, 0.3) is 0 Å². The molecule has 126 valence electrons. The maximum absolute atomic E-state index is 6.12. The number of nitrogens with zero attached hydrogens (tertiary/aromatic N) is 1. The minimum atomic E-state index is 0. The van der Waals surface area contributed by atoms with E-state index in [1.165, 1.54) is 38.8 Å². The number of hydrogen-bond acceptors (Lipinski definition) is 4. The minimum absolute atomic E-state index is 0. The Bertz CT molecular complexity index is 289. The van der Waals surface area contributed by atoms with Gasteiger partial charge in [0.05, 0.1) is 18.8 Å². The maximum Gasteiger partial charge on any atom is 0.0813 e. The molecule has 0 bridgehead atoms. The van der Waals surface area contributed by atoms with Crippen molar-refractivity contribution in [2.45, 2.75) is 50.4 Å². The Kier molecular flexibility index (Phi) is 8.84. The van der Waals surface area contributed by atoms with Crippen LogP contribution in [-0.4, -0.2) is 63.0 Å². The molecule has 6 heteroatoms. The van der Waals surface area contributed by atoms with Crippen molar-refractivity contribution in [3.8, 4) is 0 Å². The highest BCUT2D eigenvalue weighted by Crippen LogP contribution is 2.25. The van der Waals surface area contributed by atoms with Gasteiger partial charge in [-0.1, -0.05) is 0 Å². The highest BCUT2D eigenvalue weighted by Gasteiger charge is 2.34. The lowest BCUT2D eigenvalue weighted by atomic mass is 9.98. The van der Waals surface area contributed by atoms with E-state index < -0.39 is 0 Å². The second kappa shape index (κ2) is 9.53. The monoisotopic (exact) mass is 340 g/mol. The summed E-state index contributed by atoms with van der Waals surface area (Å²) in [5, 5.41) is 3.52. The largest absolute Gasteiger partial charge is 0.378 e. The highest BCUT2D eigenvalue weighted by atomic mass is 35.5. The van der Waals surface area contributed by atoms with Crippen LogP contribution in [0.5, 0.6) is 0 Å². The second-order valence-electron chi connectivity index (χ2n) is 6.51. The van der Waals surface area contributed by atoms with Crippen molar-refractivity contribution in [3.63, 3.8) is 0 Å². The van der Waals surface area contributed by atoms with Crippen molar-refractivity contribution in [1.82, 2.24) is 10.2 Å². The van der Waals surface area contributed by atoms with E-state index in [-0.39, 0.29) is 24.8 Å². The Morgan fingerprint density at radius 3 is 2.57 bits per heavy atom. The Morgan fingerprint density at radius 2 is 1.81 bits per heavy atom. The lowest BCUT2D eigenvalue weighted by Gasteiger charge is -2.33. The molecule has 3 aliphatic heterocycles. The Labute approximate surface area is 141 Å². The average Bonchev–Trinajstić information content (AvgIpc) is 2.88. The van der Waals surface area contributed by atoms with Gasteiger partial charge < -0.3 is 19.7 Å². The van der Waals surface area contributed by atoms with Gasteiger partial charge in [-0.05, 0) is 64.7 Å². The smallest absolute Gasteiger partial charge is 0.0813 e. The quantitative estimate of drug-likeness (QED) is 0.849. The van der Waals surface area contributed by atoms with Crippen LogP contribution in [0, 0.1) is 5.92 Å². The number of hydrogen-bond donors (Lipinski definition) is 1. The first-order valence-electron chi connectivity index (χ1n) is 7.96. The topological polar surface area (TPSA) is 33.7 Å². The van der Waals surface area contributed by atoms with Crippen molar-refractivity contribution in [1.29, 1.82) is 0 Å². The molecule has 4 nitrogen and oxygen atoms in total. The summed E-state index contributed by atoms with van der Waals surface area (Å²) >= 11 is 0. The van der Waals surface area contributed by atoms with Gasteiger partial charge in [-0.15, -0.1) is 24.8 Å². The number of ether oxygens (including phenoxy) is 2. The van der Waals surface area contributed by atoms with Crippen molar-refractivity contribution >= 4 is 24.8 Å².